The predicted molar refractivity (Wildman–Crippen MR) is 91.0 cm³/mol. The average molecular weight is 457 g/mol. The summed E-state index contributed by atoms with van der Waals surface area (Å²) in [6.07, 6.45) is -7.70. The smallest absolute Gasteiger partial charge is 0.294 e. The van der Waals surface area contributed by atoms with Gasteiger partial charge in [-0.05, 0) is 23.3 Å². The van der Waals surface area contributed by atoms with Crippen LogP contribution >= 0.6 is 11.9 Å². The van der Waals surface area contributed by atoms with Crippen LogP contribution in [0.25, 0.3) is 11.1 Å². The molecule has 0 saturated heterocycles. The van der Waals surface area contributed by atoms with Gasteiger partial charge in [0.15, 0.2) is 5.78 Å². The lowest BCUT2D eigenvalue weighted by atomic mass is 9.99. The van der Waals surface area contributed by atoms with Crippen molar-refractivity contribution < 1.29 is 43.7 Å². The molecule has 2 aromatic rings. The second kappa shape index (κ2) is 8.17. The van der Waals surface area contributed by atoms with Crippen LogP contribution in [0.3, 0.4) is 0 Å². The van der Waals surface area contributed by atoms with Gasteiger partial charge in [-0.15, -0.1) is 0 Å². The summed E-state index contributed by atoms with van der Waals surface area (Å²) in [5, 5.41) is 0. The van der Waals surface area contributed by atoms with Crippen molar-refractivity contribution in [3.05, 3.63) is 54.1 Å². The van der Waals surface area contributed by atoms with Gasteiger partial charge in [-0.3, -0.25) is 9.59 Å². The molecule has 0 radical (unpaired) electrons. The van der Waals surface area contributed by atoms with Crippen molar-refractivity contribution in [3.63, 3.8) is 0 Å². The molecular weight excluding hydrogens is 447 g/mol. The lowest BCUT2D eigenvalue weighted by molar-refractivity contribution is -0.268. The Morgan fingerprint density at radius 2 is 1.31 bits per heavy atom. The number of ketones is 2. The highest BCUT2D eigenvalue weighted by Crippen LogP contribution is 2.37. The molecule has 0 aliphatic heterocycles. The Morgan fingerprint density at radius 1 is 0.862 bits per heavy atom. The normalized spacial score (nSPS) is 12.6. The minimum absolute atomic E-state index is 0.216. The zero-order valence-electron chi connectivity index (χ0n) is 14.0. The highest BCUT2D eigenvalue weighted by atomic mass is 35.5. The van der Waals surface area contributed by atoms with Crippen molar-refractivity contribution in [1.29, 1.82) is 0 Å². The quantitative estimate of drug-likeness (QED) is 0.347. The zero-order valence-corrected chi connectivity index (χ0v) is 15.6. The van der Waals surface area contributed by atoms with Gasteiger partial charge < -0.3 is 0 Å². The summed E-state index contributed by atoms with van der Waals surface area (Å²) >= 11 is 4.87. The van der Waals surface area contributed by atoms with Gasteiger partial charge in [-0.1, -0.05) is 36.4 Å². The van der Waals surface area contributed by atoms with Gasteiger partial charge in [-0.25, -0.2) is 0 Å². The van der Waals surface area contributed by atoms with Gasteiger partial charge in [0.05, 0.1) is 23.2 Å². The van der Waals surface area contributed by atoms with E-state index in [-0.39, 0.29) is 10.5 Å². The predicted octanol–water partition coefficient (Wildman–Crippen LogP) is 4.55. The van der Waals surface area contributed by atoms with E-state index in [9.17, 15) is 40.0 Å². The highest BCUT2D eigenvalue weighted by Gasteiger charge is 2.62. The minimum Gasteiger partial charge on any atom is -0.294 e. The monoisotopic (exact) mass is 456 g/mol. The molecule has 5 nitrogen and oxygen atoms in total. The van der Waals surface area contributed by atoms with E-state index in [1.807, 2.05) is 0 Å². The van der Waals surface area contributed by atoms with E-state index in [2.05, 4.69) is 3.74 Å². The summed E-state index contributed by atoms with van der Waals surface area (Å²) in [5.74, 6) is -9.36. The van der Waals surface area contributed by atoms with E-state index in [0.29, 0.717) is 11.1 Å². The largest absolute Gasteiger partial charge is 0.461 e. The van der Waals surface area contributed by atoms with Gasteiger partial charge in [0.25, 0.3) is 0 Å². The lowest BCUT2D eigenvalue weighted by Gasteiger charge is -2.17. The fraction of sp³-hybridized carbons (Fsp3) is 0.176. The molecule has 0 saturated carbocycles. The van der Waals surface area contributed by atoms with E-state index in [0.717, 1.165) is 12.1 Å². The van der Waals surface area contributed by atoms with Crippen LogP contribution in [0.1, 0.15) is 16.8 Å². The maximum absolute atomic E-state index is 12.9. The fourth-order valence-electron chi connectivity index (χ4n) is 2.22. The second-order valence-electron chi connectivity index (χ2n) is 5.71. The van der Waals surface area contributed by atoms with E-state index < -0.39 is 40.2 Å². The number of benzene rings is 2. The Labute approximate surface area is 166 Å². The Balaban J connectivity index is 2.16. The number of carbonyl (C=O) groups is 2. The van der Waals surface area contributed by atoms with Crippen LogP contribution in [0.15, 0.2) is 53.4 Å². The number of hydrogen-bond acceptors (Lipinski definition) is 5. The molecule has 0 fully saturated rings. The fourth-order valence-corrected chi connectivity index (χ4v) is 2.98. The molecule has 12 heteroatoms. The first-order chi connectivity index (χ1) is 13.3. The SMILES string of the molecule is O=C(CC(=O)C(F)(F)C(F)(F)F)c1ccc(-c2ccc(S(=O)(=O)OCl)cc2)cc1. The Bertz CT molecular complexity index is 1020. The molecule has 0 unspecified atom stereocenters. The molecule has 0 spiro atoms. The number of Topliss-reactive ketones (excluding diaryl/α,β-unsaturated/α-hetero) is 2. The van der Waals surface area contributed by atoms with Crippen molar-refractivity contribution in [2.45, 2.75) is 23.4 Å². The average Bonchev–Trinajstić information content (AvgIpc) is 2.67. The lowest BCUT2D eigenvalue weighted by Crippen LogP contribution is -2.44. The maximum Gasteiger partial charge on any atom is 0.461 e. The summed E-state index contributed by atoms with van der Waals surface area (Å²) in [6, 6.07) is 10.2. The Kier molecular flexibility index (Phi) is 6.45. The number of rotatable bonds is 7. The topological polar surface area (TPSA) is 77.5 Å². The van der Waals surface area contributed by atoms with Crippen molar-refractivity contribution in [1.82, 2.24) is 0 Å². The van der Waals surface area contributed by atoms with Gasteiger partial charge >= 0.3 is 22.2 Å². The van der Waals surface area contributed by atoms with Gasteiger partial charge in [-0.2, -0.15) is 34.1 Å². The van der Waals surface area contributed by atoms with E-state index in [4.69, 9.17) is 11.9 Å². The highest BCUT2D eigenvalue weighted by molar-refractivity contribution is 7.87. The molecule has 0 N–H and O–H groups in total. The minimum atomic E-state index is -6.08. The van der Waals surface area contributed by atoms with Gasteiger partial charge in [0, 0.05) is 5.56 Å². The third-order valence-corrected chi connectivity index (χ3v) is 5.31. The van der Waals surface area contributed by atoms with Crippen LogP contribution in [-0.4, -0.2) is 32.1 Å². The first-order valence-electron chi connectivity index (χ1n) is 7.56. The van der Waals surface area contributed by atoms with Crippen molar-refractivity contribution in [2.24, 2.45) is 0 Å². The first kappa shape index (κ1) is 22.9. The number of halogens is 6. The molecule has 0 atom stereocenters. The van der Waals surface area contributed by atoms with E-state index in [1.165, 1.54) is 36.4 Å². The zero-order chi connectivity index (χ0) is 22.0. The standard InChI is InChI=1S/C17H10ClF5O5S/c18-28-29(26,27)13-7-5-11(6-8-13)10-1-3-12(4-2-10)14(24)9-15(25)16(19,20)17(21,22)23/h1-8H,9H2. The van der Waals surface area contributed by atoms with E-state index in [1.54, 1.807) is 0 Å². The van der Waals surface area contributed by atoms with Crippen molar-refractivity contribution >= 4 is 33.6 Å². The molecule has 0 aliphatic carbocycles. The first-order valence-corrected chi connectivity index (χ1v) is 9.28. The molecule has 0 aliphatic rings. The summed E-state index contributed by atoms with van der Waals surface area (Å²) in [7, 11) is -4.10. The molecule has 0 aromatic heterocycles. The van der Waals surface area contributed by atoms with Crippen LogP contribution in [0.5, 0.6) is 0 Å². The van der Waals surface area contributed by atoms with Gasteiger partial charge in [0.1, 0.15) is 0 Å². The van der Waals surface area contributed by atoms with Crippen LogP contribution in [0, 0.1) is 0 Å². The van der Waals surface area contributed by atoms with Crippen LogP contribution < -0.4 is 0 Å². The molecule has 2 rings (SSSR count). The number of alkyl halides is 5. The van der Waals surface area contributed by atoms with Crippen LogP contribution in [0.2, 0.25) is 0 Å². The second-order valence-corrected chi connectivity index (χ2v) is 7.60. The van der Waals surface area contributed by atoms with Crippen molar-refractivity contribution in [2.75, 3.05) is 0 Å². The Morgan fingerprint density at radius 3 is 1.72 bits per heavy atom. The summed E-state index contributed by atoms with van der Waals surface area (Å²) < 4.78 is 89.1. The van der Waals surface area contributed by atoms with Crippen LogP contribution in [-0.2, 0) is 18.6 Å². The molecule has 0 amide bonds. The Hall–Kier alpha value is -2.37. The summed E-state index contributed by atoms with van der Waals surface area (Å²) in [5.41, 5.74) is 0.733. The number of carbonyl (C=O) groups excluding carboxylic acids is 2. The van der Waals surface area contributed by atoms with Crippen LogP contribution in [0.4, 0.5) is 22.0 Å². The van der Waals surface area contributed by atoms with E-state index >= 15 is 0 Å². The van der Waals surface area contributed by atoms with Gasteiger partial charge in [0.2, 0.25) is 5.78 Å². The molecule has 29 heavy (non-hydrogen) atoms. The molecule has 2 aromatic carbocycles. The summed E-state index contributed by atoms with van der Waals surface area (Å²) in [4.78, 5) is 22.8. The molecule has 156 valence electrons. The third-order valence-electron chi connectivity index (χ3n) is 3.79. The summed E-state index contributed by atoms with van der Waals surface area (Å²) in [6.45, 7) is 0. The molecular formula is C17H10ClF5O5S. The van der Waals surface area contributed by atoms with Crippen molar-refractivity contribution in [3.8, 4) is 11.1 Å². The third kappa shape index (κ3) is 4.98. The molecule has 0 heterocycles. The molecule has 0 bridgehead atoms. The maximum atomic E-state index is 12.9. The number of hydrogen-bond donors (Lipinski definition) is 0.